The molecular formula is C12H19N3O4S. The Balaban J connectivity index is 2.19. The molecule has 7 nitrogen and oxygen atoms in total. The molecule has 1 saturated heterocycles. The lowest BCUT2D eigenvalue weighted by molar-refractivity contribution is -0.138. The lowest BCUT2D eigenvalue weighted by atomic mass is 9.96. The van der Waals surface area contributed by atoms with Crippen LogP contribution in [0.4, 0.5) is 0 Å². The van der Waals surface area contributed by atoms with Crippen LogP contribution < -0.4 is 0 Å². The van der Waals surface area contributed by atoms with Crippen molar-refractivity contribution in [2.45, 2.75) is 31.2 Å². The highest BCUT2D eigenvalue weighted by Gasteiger charge is 2.32. The Morgan fingerprint density at radius 3 is 2.80 bits per heavy atom. The minimum atomic E-state index is -3.62. The monoisotopic (exact) mass is 301 g/mol. The topological polar surface area (TPSA) is 92.5 Å². The first-order chi connectivity index (χ1) is 9.30. The van der Waals surface area contributed by atoms with E-state index in [0.29, 0.717) is 18.8 Å². The molecular weight excluding hydrogens is 282 g/mol. The summed E-state index contributed by atoms with van der Waals surface area (Å²) in [5.41, 5.74) is 0. The molecule has 0 radical (unpaired) electrons. The zero-order chi connectivity index (χ0) is 14.9. The van der Waals surface area contributed by atoms with E-state index in [1.807, 2.05) is 0 Å². The largest absolute Gasteiger partial charge is 0.481 e. The number of carbonyl (C=O) groups is 1. The number of aliphatic carboxylic acids is 1. The van der Waals surface area contributed by atoms with E-state index in [-0.39, 0.29) is 23.9 Å². The van der Waals surface area contributed by atoms with Gasteiger partial charge in [-0.15, -0.1) is 0 Å². The van der Waals surface area contributed by atoms with Crippen LogP contribution in [0.25, 0.3) is 0 Å². The van der Waals surface area contributed by atoms with Crippen LogP contribution in [-0.2, 0) is 21.9 Å². The number of hydrogen-bond acceptors (Lipinski definition) is 4. The Labute approximate surface area is 118 Å². The summed E-state index contributed by atoms with van der Waals surface area (Å²) in [7, 11) is -1.88. The summed E-state index contributed by atoms with van der Waals surface area (Å²) in [4.78, 5) is 14.8. The van der Waals surface area contributed by atoms with Gasteiger partial charge in [0.05, 0.1) is 0 Å². The summed E-state index contributed by atoms with van der Waals surface area (Å²) in [5.74, 6) is -0.383. The van der Waals surface area contributed by atoms with E-state index < -0.39 is 16.0 Å². The Morgan fingerprint density at radius 2 is 2.25 bits per heavy atom. The highest BCUT2D eigenvalue weighted by Crippen LogP contribution is 2.25. The molecule has 1 aromatic rings. The molecule has 2 rings (SSSR count). The van der Waals surface area contributed by atoms with Gasteiger partial charge >= 0.3 is 5.97 Å². The van der Waals surface area contributed by atoms with Crippen molar-refractivity contribution in [3.8, 4) is 0 Å². The molecule has 2 heterocycles. The van der Waals surface area contributed by atoms with Gasteiger partial charge in [0.25, 0.3) is 10.0 Å². The number of sulfonamides is 1. The summed E-state index contributed by atoms with van der Waals surface area (Å²) in [5, 5.41) is 8.86. The molecule has 1 fully saturated rings. The quantitative estimate of drug-likeness (QED) is 0.879. The average Bonchev–Trinajstić information content (AvgIpc) is 2.70. The van der Waals surface area contributed by atoms with Gasteiger partial charge in [0.1, 0.15) is 5.82 Å². The van der Waals surface area contributed by atoms with E-state index in [2.05, 4.69) is 4.98 Å². The van der Waals surface area contributed by atoms with Gasteiger partial charge in [-0.3, -0.25) is 4.79 Å². The Hall–Kier alpha value is -1.41. The van der Waals surface area contributed by atoms with E-state index in [0.717, 1.165) is 6.42 Å². The van der Waals surface area contributed by atoms with Crippen molar-refractivity contribution < 1.29 is 18.3 Å². The second-order valence-electron chi connectivity index (χ2n) is 5.21. The molecule has 1 aliphatic rings. The first kappa shape index (κ1) is 15.0. The molecule has 0 aliphatic carbocycles. The fourth-order valence-electron chi connectivity index (χ4n) is 2.44. The number of aryl methyl sites for hydroxylation is 2. The van der Waals surface area contributed by atoms with Crippen molar-refractivity contribution in [2.24, 2.45) is 13.0 Å². The summed E-state index contributed by atoms with van der Waals surface area (Å²) in [6.07, 6.45) is 2.93. The lowest BCUT2D eigenvalue weighted by Gasteiger charge is -2.30. The second-order valence-corrected chi connectivity index (χ2v) is 7.09. The van der Waals surface area contributed by atoms with Crippen LogP contribution in [0, 0.1) is 12.8 Å². The fraction of sp³-hybridized carbons (Fsp3) is 0.667. The number of piperidine rings is 1. The molecule has 1 aromatic heterocycles. The minimum Gasteiger partial charge on any atom is -0.481 e. The molecule has 20 heavy (non-hydrogen) atoms. The molecule has 0 aromatic carbocycles. The van der Waals surface area contributed by atoms with Crippen molar-refractivity contribution in [2.75, 3.05) is 13.1 Å². The van der Waals surface area contributed by atoms with Crippen LogP contribution in [-0.4, -0.2) is 46.4 Å². The van der Waals surface area contributed by atoms with E-state index in [1.54, 1.807) is 18.5 Å². The third kappa shape index (κ3) is 3.01. The summed E-state index contributed by atoms with van der Waals surface area (Å²) in [6.45, 7) is 2.42. The number of aromatic nitrogens is 2. The second kappa shape index (κ2) is 5.53. The normalized spacial score (nSPS) is 21.0. The molecule has 112 valence electrons. The van der Waals surface area contributed by atoms with Gasteiger partial charge < -0.3 is 9.67 Å². The van der Waals surface area contributed by atoms with Crippen LogP contribution in [0.3, 0.4) is 0 Å². The van der Waals surface area contributed by atoms with E-state index in [1.165, 1.54) is 10.5 Å². The van der Waals surface area contributed by atoms with E-state index >= 15 is 0 Å². The van der Waals surface area contributed by atoms with Gasteiger partial charge in [-0.1, -0.05) is 0 Å². The lowest BCUT2D eigenvalue weighted by Crippen LogP contribution is -2.40. The van der Waals surface area contributed by atoms with E-state index in [4.69, 9.17) is 5.11 Å². The first-order valence-electron chi connectivity index (χ1n) is 6.52. The van der Waals surface area contributed by atoms with Gasteiger partial charge in [0.15, 0.2) is 5.03 Å². The Kier molecular flexibility index (Phi) is 4.14. The SMILES string of the molecule is Cc1nc(S(=O)(=O)N2CCCC(CC(=O)O)C2)cn1C. The van der Waals surface area contributed by atoms with Gasteiger partial charge in [-0.25, -0.2) is 13.4 Å². The number of rotatable bonds is 4. The number of nitrogens with zero attached hydrogens (tertiary/aromatic N) is 3. The summed E-state index contributed by atoms with van der Waals surface area (Å²) < 4.78 is 28.0. The van der Waals surface area contributed by atoms with Crippen LogP contribution in [0.1, 0.15) is 25.1 Å². The fourth-order valence-corrected chi connectivity index (χ4v) is 4.02. The number of imidazole rings is 1. The first-order valence-corrected chi connectivity index (χ1v) is 7.96. The van der Waals surface area contributed by atoms with Crippen molar-refractivity contribution in [1.29, 1.82) is 0 Å². The van der Waals surface area contributed by atoms with Gasteiger partial charge in [-0.2, -0.15) is 4.31 Å². The predicted octanol–water partition coefficient (Wildman–Crippen LogP) is 0.604. The predicted molar refractivity (Wildman–Crippen MR) is 71.7 cm³/mol. The van der Waals surface area contributed by atoms with E-state index in [9.17, 15) is 13.2 Å². The molecule has 1 unspecified atom stereocenters. The zero-order valence-electron chi connectivity index (χ0n) is 11.6. The van der Waals surface area contributed by atoms with Gasteiger partial charge in [0.2, 0.25) is 0 Å². The van der Waals surface area contributed by atoms with Crippen molar-refractivity contribution in [1.82, 2.24) is 13.9 Å². The average molecular weight is 301 g/mol. The number of carboxylic acids is 1. The number of carboxylic acid groups (broad SMARTS) is 1. The molecule has 0 bridgehead atoms. The van der Waals surface area contributed by atoms with Gasteiger partial charge in [0, 0.05) is 32.8 Å². The van der Waals surface area contributed by atoms with Crippen molar-refractivity contribution in [3.63, 3.8) is 0 Å². The van der Waals surface area contributed by atoms with Crippen molar-refractivity contribution in [3.05, 3.63) is 12.0 Å². The smallest absolute Gasteiger partial charge is 0.303 e. The zero-order valence-corrected chi connectivity index (χ0v) is 12.4. The molecule has 8 heteroatoms. The van der Waals surface area contributed by atoms with Crippen LogP contribution in [0.5, 0.6) is 0 Å². The summed E-state index contributed by atoms with van der Waals surface area (Å²) in [6, 6.07) is 0. The molecule has 0 saturated carbocycles. The third-order valence-corrected chi connectivity index (χ3v) is 5.37. The molecule has 0 spiro atoms. The summed E-state index contributed by atoms with van der Waals surface area (Å²) >= 11 is 0. The highest BCUT2D eigenvalue weighted by atomic mass is 32.2. The van der Waals surface area contributed by atoms with Crippen LogP contribution in [0.2, 0.25) is 0 Å². The third-order valence-electron chi connectivity index (χ3n) is 3.64. The maximum Gasteiger partial charge on any atom is 0.303 e. The molecule has 1 aliphatic heterocycles. The van der Waals surface area contributed by atoms with Gasteiger partial charge in [-0.05, 0) is 25.7 Å². The Bertz CT molecular complexity index is 589. The Morgan fingerprint density at radius 1 is 1.55 bits per heavy atom. The maximum absolute atomic E-state index is 12.5. The standard InChI is InChI=1S/C12H19N3O4S/c1-9-13-11(8-14(9)2)20(18,19)15-5-3-4-10(7-15)6-12(16)17/h8,10H,3-7H2,1-2H3,(H,16,17). The molecule has 0 amide bonds. The van der Waals surface area contributed by atoms with Crippen molar-refractivity contribution >= 4 is 16.0 Å². The molecule has 1 atom stereocenters. The number of hydrogen-bond donors (Lipinski definition) is 1. The maximum atomic E-state index is 12.5. The highest BCUT2D eigenvalue weighted by molar-refractivity contribution is 7.89. The molecule has 1 N–H and O–H groups in total. The van der Waals surface area contributed by atoms with Crippen LogP contribution >= 0.6 is 0 Å². The van der Waals surface area contributed by atoms with Crippen LogP contribution in [0.15, 0.2) is 11.2 Å². The minimum absolute atomic E-state index is 0.00721.